The minimum absolute atomic E-state index is 0.0961. The number of hydrazine groups is 1. The molecule has 7 nitrogen and oxygen atoms in total. The van der Waals surface area contributed by atoms with Crippen LogP contribution in [0.25, 0.3) is 0 Å². The fourth-order valence-corrected chi connectivity index (χ4v) is 2.42. The van der Waals surface area contributed by atoms with Gasteiger partial charge in [-0.3, -0.25) is 9.40 Å². The van der Waals surface area contributed by atoms with Crippen LogP contribution in [0, 0.1) is 0 Å². The molecule has 2 aliphatic rings. The molecule has 0 fully saturated rings. The number of aliphatic hydroxyl groups is 3. The number of hydrogen-bond donors (Lipinski definition) is 5. The predicted octanol–water partition coefficient (Wildman–Crippen LogP) is -0.892. The van der Waals surface area contributed by atoms with Crippen molar-refractivity contribution < 1.29 is 19.7 Å². The number of H-pyrrole nitrogens is 1. The van der Waals surface area contributed by atoms with Gasteiger partial charge in [0.2, 0.25) is 0 Å². The van der Waals surface area contributed by atoms with Crippen molar-refractivity contribution in [2.45, 2.75) is 30.9 Å². The van der Waals surface area contributed by atoms with Gasteiger partial charge in [-0.1, -0.05) is 0 Å². The Labute approximate surface area is 108 Å². The van der Waals surface area contributed by atoms with E-state index in [0.717, 1.165) is 5.56 Å². The summed E-state index contributed by atoms with van der Waals surface area (Å²) in [5, 5.41) is 31.0. The monoisotopic (exact) mass is 270 g/mol. The van der Waals surface area contributed by atoms with Crippen LogP contribution in [-0.2, 0) is 12.3 Å². The second-order valence-corrected chi connectivity index (χ2v) is 4.75. The number of alkyl halides is 1. The minimum atomic E-state index is -1.48. The van der Waals surface area contributed by atoms with Crippen LogP contribution in [0.15, 0.2) is 11.2 Å². The highest BCUT2D eigenvalue weighted by Gasteiger charge is 2.47. The summed E-state index contributed by atoms with van der Waals surface area (Å²) in [5.41, 5.74) is 4.65. The smallest absolute Gasteiger partial charge is 0.277 e. The van der Waals surface area contributed by atoms with Crippen LogP contribution in [0.4, 0.5) is 10.1 Å². The minimum Gasteiger partial charge on any atom is -0.390 e. The number of fused-ring (bicyclic) bond motifs is 5. The number of anilines is 1. The molecule has 0 radical (unpaired) electrons. The standard InChI is InChI=1S/C11H15FN4O3/c12-2-1-7(17)8(18)3-6-4-13-10-9(6)16-5-14-11(10,19)15-16/h4-5,7-8,13,15,17-19H,1-3H2/t7-,8+,11?/m1/s1. The highest BCUT2D eigenvalue weighted by Crippen LogP contribution is 2.41. The lowest BCUT2D eigenvalue weighted by molar-refractivity contribution is 0.0117. The number of aromatic amines is 1. The molecule has 0 saturated carbocycles. The zero-order valence-corrected chi connectivity index (χ0v) is 10.0. The van der Waals surface area contributed by atoms with Gasteiger partial charge >= 0.3 is 0 Å². The van der Waals surface area contributed by atoms with Gasteiger partial charge in [-0.15, -0.1) is 0 Å². The molecule has 8 heteroatoms. The van der Waals surface area contributed by atoms with Crippen molar-refractivity contribution in [1.82, 2.24) is 10.4 Å². The highest BCUT2D eigenvalue weighted by molar-refractivity contribution is 5.87. The number of nitrogens with one attached hydrogen (secondary N) is 2. The van der Waals surface area contributed by atoms with E-state index in [-0.39, 0.29) is 12.8 Å². The molecule has 1 aromatic rings. The normalized spacial score (nSPS) is 26.8. The molecule has 3 rings (SSSR count). The summed E-state index contributed by atoms with van der Waals surface area (Å²) >= 11 is 0. The van der Waals surface area contributed by atoms with Crippen LogP contribution in [0.2, 0.25) is 0 Å². The quantitative estimate of drug-likeness (QED) is 0.477. The lowest BCUT2D eigenvalue weighted by Crippen LogP contribution is -2.38. The average molecular weight is 270 g/mol. The third-order valence-corrected chi connectivity index (χ3v) is 3.44. The molecule has 0 aromatic carbocycles. The third kappa shape index (κ3) is 1.84. The number of nitrogens with zero attached hydrogens (tertiary/aromatic N) is 2. The molecule has 3 heterocycles. The van der Waals surface area contributed by atoms with E-state index in [1.165, 1.54) is 6.34 Å². The summed E-state index contributed by atoms with van der Waals surface area (Å²) in [6.07, 6.45) is 1.00. The van der Waals surface area contributed by atoms with E-state index in [4.69, 9.17) is 0 Å². The summed E-state index contributed by atoms with van der Waals surface area (Å²) in [6, 6.07) is 0. The summed E-state index contributed by atoms with van der Waals surface area (Å²) in [5.74, 6) is -1.48. The number of aliphatic imine (C=N–C) groups is 1. The maximum Gasteiger partial charge on any atom is 0.277 e. The van der Waals surface area contributed by atoms with E-state index in [1.807, 2.05) is 0 Å². The lowest BCUT2D eigenvalue weighted by Gasteiger charge is -2.18. The molecule has 0 amide bonds. The van der Waals surface area contributed by atoms with E-state index >= 15 is 0 Å². The Morgan fingerprint density at radius 2 is 2.21 bits per heavy atom. The van der Waals surface area contributed by atoms with E-state index in [1.54, 1.807) is 11.2 Å². The Hall–Kier alpha value is -1.48. The number of hydrogen-bond acceptors (Lipinski definition) is 6. The zero-order valence-electron chi connectivity index (χ0n) is 10.0. The van der Waals surface area contributed by atoms with Gasteiger partial charge in [-0.25, -0.2) is 4.99 Å². The third-order valence-electron chi connectivity index (χ3n) is 3.44. The van der Waals surface area contributed by atoms with Gasteiger partial charge in [0, 0.05) is 19.0 Å². The fraction of sp³-hybridized carbons (Fsp3) is 0.545. The van der Waals surface area contributed by atoms with Crippen LogP contribution in [0.5, 0.6) is 0 Å². The molecule has 3 atom stereocenters. The summed E-state index contributed by atoms with van der Waals surface area (Å²) in [4.78, 5) is 6.79. The van der Waals surface area contributed by atoms with Crippen molar-refractivity contribution >= 4 is 12.0 Å². The first-order valence-electron chi connectivity index (χ1n) is 6.03. The van der Waals surface area contributed by atoms with Gasteiger partial charge in [-0.05, 0) is 5.56 Å². The molecule has 1 unspecified atom stereocenters. The zero-order chi connectivity index (χ0) is 13.6. The Morgan fingerprint density at radius 1 is 1.42 bits per heavy atom. The van der Waals surface area contributed by atoms with Crippen LogP contribution < -0.4 is 10.4 Å². The van der Waals surface area contributed by atoms with Gasteiger partial charge in [-0.2, -0.15) is 5.43 Å². The molecule has 2 aliphatic heterocycles. The Bertz CT molecular complexity index is 520. The molecule has 0 spiro atoms. The largest absolute Gasteiger partial charge is 0.390 e. The maximum atomic E-state index is 12.1. The van der Waals surface area contributed by atoms with Crippen LogP contribution in [-0.4, -0.2) is 45.5 Å². The molecular weight excluding hydrogens is 255 g/mol. The molecule has 19 heavy (non-hydrogen) atoms. The van der Waals surface area contributed by atoms with E-state index in [2.05, 4.69) is 15.4 Å². The molecule has 104 valence electrons. The number of aliphatic hydroxyl groups excluding tert-OH is 2. The van der Waals surface area contributed by atoms with Gasteiger partial charge < -0.3 is 20.3 Å². The molecule has 0 saturated heterocycles. The summed E-state index contributed by atoms with van der Waals surface area (Å²) in [7, 11) is 0. The van der Waals surface area contributed by atoms with Gasteiger partial charge in [0.15, 0.2) is 0 Å². The van der Waals surface area contributed by atoms with Crippen LogP contribution in [0.3, 0.4) is 0 Å². The first-order chi connectivity index (χ1) is 9.05. The van der Waals surface area contributed by atoms with Gasteiger partial charge in [0.05, 0.1) is 24.6 Å². The highest BCUT2D eigenvalue weighted by atomic mass is 19.1. The Kier molecular flexibility index (Phi) is 2.82. The molecule has 5 N–H and O–H groups in total. The predicted molar refractivity (Wildman–Crippen MR) is 65.1 cm³/mol. The Morgan fingerprint density at radius 3 is 2.95 bits per heavy atom. The van der Waals surface area contributed by atoms with E-state index < -0.39 is 24.7 Å². The second kappa shape index (κ2) is 4.27. The van der Waals surface area contributed by atoms with E-state index in [9.17, 15) is 19.7 Å². The SMILES string of the molecule is O[C@H](CCF)[C@@H](O)Cc1c[nH]c2c1N1C=NC2(O)N1. The van der Waals surface area contributed by atoms with E-state index in [0.29, 0.717) is 11.4 Å². The summed E-state index contributed by atoms with van der Waals surface area (Å²) in [6.45, 7) is -0.677. The molecule has 1 aromatic heterocycles. The Balaban J connectivity index is 1.79. The first kappa shape index (κ1) is 12.5. The number of rotatable bonds is 5. The lowest BCUT2D eigenvalue weighted by atomic mass is 10.0. The van der Waals surface area contributed by atoms with Crippen molar-refractivity contribution in [1.29, 1.82) is 0 Å². The molecular formula is C11H15FN4O3. The van der Waals surface area contributed by atoms with Crippen molar-refractivity contribution in [2.24, 2.45) is 4.99 Å². The fourth-order valence-electron chi connectivity index (χ4n) is 2.42. The van der Waals surface area contributed by atoms with Crippen molar-refractivity contribution in [3.63, 3.8) is 0 Å². The topological polar surface area (TPSA) is 104 Å². The number of halogens is 1. The van der Waals surface area contributed by atoms with Gasteiger partial charge in [0.1, 0.15) is 12.0 Å². The molecule has 0 aliphatic carbocycles. The second-order valence-electron chi connectivity index (χ2n) is 4.75. The van der Waals surface area contributed by atoms with Crippen molar-refractivity contribution in [3.8, 4) is 0 Å². The maximum absolute atomic E-state index is 12.1. The van der Waals surface area contributed by atoms with Crippen LogP contribution >= 0.6 is 0 Å². The first-order valence-corrected chi connectivity index (χ1v) is 6.03. The summed E-state index contributed by atoms with van der Waals surface area (Å²) < 4.78 is 12.1. The van der Waals surface area contributed by atoms with Crippen molar-refractivity contribution in [2.75, 3.05) is 11.7 Å². The van der Waals surface area contributed by atoms with Gasteiger partial charge in [0.25, 0.3) is 5.85 Å². The van der Waals surface area contributed by atoms with Crippen molar-refractivity contribution in [3.05, 3.63) is 17.5 Å². The van der Waals surface area contributed by atoms with Crippen LogP contribution in [0.1, 0.15) is 17.7 Å². The average Bonchev–Trinajstić information content (AvgIpc) is 3.00. The number of aromatic nitrogens is 1. The molecule has 2 bridgehead atoms.